The molecular weight excluding hydrogens is 371 g/mol. The fourth-order valence-corrected chi connectivity index (χ4v) is 2.57. The molecule has 0 saturated carbocycles. The number of pyridine rings is 1. The number of esters is 1. The fraction of sp³-hybridized carbons (Fsp3) is 0.188. The van der Waals surface area contributed by atoms with Crippen LogP contribution in [0, 0.1) is 0 Å². The summed E-state index contributed by atoms with van der Waals surface area (Å²) in [7, 11) is 0. The summed E-state index contributed by atoms with van der Waals surface area (Å²) in [6, 6.07) is 8.37. The Morgan fingerprint density at radius 3 is 2.50 bits per heavy atom. The van der Waals surface area contributed by atoms with Crippen molar-refractivity contribution >= 4 is 52.7 Å². The first-order chi connectivity index (χ1) is 11.4. The number of thioether (sulfide) groups is 1. The third kappa shape index (κ3) is 4.87. The van der Waals surface area contributed by atoms with Crippen LogP contribution in [0.2, 0.25) is 10.0 Å². The minimum Gasteiger partial charge on any atom is -0.449 e. The van der Waals surface area contributed by atoms with Crippen LogP contribution in [0.15, 0.2) is 41.4 Å². The van der Waals surface area contributed by atoms with Crippen molar-refractivity contribution in [2.24, 2.45) is 0 Å². The number of nitrogens with one attached hydrogen (secondary N) is 1. The minimum atomic E-state index is -1.01. The lowest BCUT2D eigenvalue weighted by atomic mass is 10.2. The minimum absolute atomic E-state index is 0.151. The molecule has 1 heterocycles. The average molecular weight is 385 g/mol. The fourth-order valence-electron chi connectivity index (χ4n) is 1.73. The second-order valence-electron chi connectivity index (χ2n) is 4.75. The van der Waals surface area contributed by atoms with Gasteiger partial charge in [0.15, 0.2) is 11.9 Å². The molecule has 0 aliphatic carbocycles. The molecule has 0 aliphatic heterocycles. The molecule has 1 aromatic heterocycles. The summed E-state index contributed by atoms with van der Waals surface area (Å²) >= 11 is 13.2. The number of carbonyl (C=O) groups is 2. The number of anilines is 1. The molecule has 0 spiro atoms. The summed E-state index contributed by atoms with van der Waals surface area (Å²) in [6.45, 7) is 1.47. The third-order valence-corrected chi connectivity index (χ3v) is 4.27. The second kappa shape index (κ2) is 8.37. The van der Waals surface area contributed by atoms with Crippen molar-refractivity contribution in [3.05, 3.63) is 52.1 Å². The monoisotopic (exact) mass is 384 g/mol. The standard InChI is InChI=1S/C16H14Cl2N2O3S/c1-9(15(21)20-14-13(18)7-11(17)8-19-14)23-16(22)10-3-5-12(24-2)6-4-10/h3-9H,1-2H3,(H,19,20,21)/t9-/m0/s1. The maximum absolute atomic E-state index is 12.1. The van der Waals surface area contributed by atoms with Gasteiger partial charge in [0.1, 0.15) is 0 Å². The van der Waals surface area contributed by atoms with Gasteiger partial charge in [-0.2, -0.15) is 0 Å². The number of halogens is 2. The molecule has 1 N–H and O–H groups in total. The van der Waals surface area contributed by atoms with Crippen LogP contribution in [-0.4, -0.2) is 29.2 Å². The normalized spacial score (nSPS) is 11.7. The highest BCUT2D eigenvalue weighted by molar-refractivity contribution is 7.98. The highest BCUT2D eigenvalue weighted by Crippen LogP contribution is 2.22. The Balaban J connectivity index is 1.98. The number of hydrogen-bond acceptors (Lipinski definition) is 5. The quantitative estimate of drug-likeness (QED) is 0.614. The van der Waals surface area contributed by atoms with Gasteiger partial charge in [-0.15, -0.1) is 11.8 Å². The zero-order chi connectivity index (χ0) is 17.7. The van der Waals surface area contributed by atoms with E-state index in [0.29, 0.717) is 10.6 Å². The number of rotatable bonds is 5. The number of aromatic nitrogens is 1. The van der Waals surface area contributed by atoms with Crippen LogP contribution >= 0.6 is 35.0 Å². The average Bonchev–Trinajstić information content (AvgIpc) is 2.57. The Morgan fingerprint density at radius 2 is 1.92 bits per heavy atom. The van der Waals surface area contributed by atoms with Gasteiger partial charge in [-0.1, -0.05) is 23.2 Å². The molecule has 1 aromatic carbocycles. The van der Waals surface area contributed by atoms with Crippen molar-refractivity contribution in [2.75, 3.05) is 11.6 Å². The molecule has 2 rings (SSSR count). The SMILES string of the molecule is CSc1ccc(C(=O)O[C@@H](C)C(=O)Nc2ncc(Cl)cc2Cl)cc1. The van der Waals surface area contributed by atoms with Gasteiger partial charge in [0.2, 0.25) is 0 Å². The Kier molecular flexibility index (Phi) is 6.48. The molecule has 0 radical (unpaired) electrons. The molecule has 0 aliphatic rings. The van der Waals surface area contributed by atoms with Crippen molar-refractivity contribution in [1.82, 2.24) is 4.98 Å². The Labute approximate surface area is 153 Å². The summed E-state index contributed by atoms with van der Waals surface area (Å²) < 4.78 is 5.15. The van der Waals surface area contributed by atoms with Gasteiger partial charge in [-0.25, -0.2) is 9.78 Å². The molecular formula is C16H14Cl2N2O3S. The van der Waals surface area contributed by atoms with Gasteiger partial charge >= 0.3 is 5.97 Å². The van der Waals surface area contributed by atoms with Crippen LogP contribution in [0.25, 0.3) is 0 Å². The van der Waals surface area contributed by atoms with E-state index in [1.54, 1.807) is 23.9 Å². The van der Waals surface area contributed by atoms with E-state index in [0.717, 1.165) is 4.90 Å². The van der Waals surface area contributed by atoms with Crippen molar-refractivity contribution in [1.29, 1.82) is 0 Å². The number of benzene rings is 1. The topological polar surface area (TPSA) is 68.3 Å². The molecule has 1 atom stereocenters. The number of nitrogens with zero attached hydrogens (tertiary/aromatic N) is 1. The molecule has 0 bridgehead atoms. The van der Waals surface area contributed by atoms with Crippen LogP contribution in [0.5, 0.6) is 0 Å². The highest BCUT2D eigenvalue weighted by Gasteiger charge is 2.20. The van der Waals surface area contributed by atoms with Gasteiger partial charge in [-0.05, 0) is 43.5 Å². The zero-order valence-corrected chi connectivity index (χ0v) is 15.2. The maximum atomic E-state index is 12.1. The molecule has 5 nitrogen and oxygen atoms in total. The van der Waals surface area contributed by atoms with E-state index >= 15 is 0 Å². The molecule has 2 aromatic rings. The lowest BCUT2D eigenvalue weighted by Gasteiger charge is -2.14. The lowest BCUT2D eigenvalue weighted by Crippen LogP contribution is -2.30. The third-order valence-electron chi connectivity index (χ3n) is 3.03. The Morgan fingerprint density at radius 1 is 1.25 bits per heavy atom. The number of carbonyl (C=O) groups excluding carboxylic acids is 2. The predicted molar refractivity (Wildman–Crippen MR) is 96.0 cm³/mol. The smallest absolute Gasteiger partial charge is 0.338 e. The van der Waals surface area contributed by atoms with E-state index in [1.165, 1.54) is 19.2 Å². The molecule has 24 heavy (non-hydrogen) atoms. The summed E-state index contributed by atoms with van der Waals surface area (Å²) in [5.74, 6) is -0.973. The Hall–Kier alpha value is -1.76. The van der Waals surface area contributed by atoms with Gasteiger partial charge < -0.3 is 10.1 Å². The zero-order valence-electron chi connectivity index (χ0n) is 12.9. The van der Waals surface area contributed by atoms with E-state index in [4.69, 9.17) is 27.9 Å². The van der Waals surface area contributed by atoms with Crippen LogP contribution in [0.4, 0.5) is 5.82 Å². The van der Waals surface area contributed by atoms with E-state index in [1.807, 2.05) is 18.4 Å². The first-order valence-electron chi connectivity index (χ1n) is 6.87. The van der Waals surface area contributed by atoms with Crippen LogP contribution < -0.4 is 5.32 Å². The van der Waals surface area contributed by atoms with Gasteiger partial charge in [-0.3, -0.25) is 4.79 Å². The van der Waals surface area contributed by atoms with E-state index < -0.39 is 18.0 Å². The number of ether oxygens (including phenoxy) is 1. The van der Waals surface area contributed by atoms with Gasteiger partial charge in [0.05, 0.1) is 15.6 Å². The maximum Gasteiger partial charge on any atom is 0.338 e. The van der Waals surface area contributed by atoms with Gasteiger partial charge in [0.25, 0.3) is 5.91 Å². The largest absolute Gasteiger partial charge is 0.449 e. The first kappa shape index (κ1) is 18.6. The lowest BCUT2D eigenvalue weighted by molar-refractivity contribution is -0.123. The molecule has 0 saturated heterocycles. The first-order valence-corrected chi connectivity index (χ1v) is 8.85. The van der Waals surface area contributed by atoms with E-state index in [9.17, 15) is 9.59 Å². The van der Waals surface area contributed by atoms with Gasteiger partial charge in [0, 0.05) is 11.1 Å². The van der Waals surface area contributed by atoms with E-state index in [-0.39, 0.29) is 10.8 Å². The van der Waals surface area contributed by atoms with Crippen LogP contribution in [0.1, 0.15) is 17.3 Å². The second-order valence-corrected chi connectivity index (χ2v) is 6.47. The van der Waals surface area contributed by atoms with Crippen molar-refractivity contribution in [3.63, 3.8) is 0 Å². The molecule has 1 amide bonds. The highest BCUT2D eigenvalue weighted by atomic mass is 35.5. The van der Waals surface area contributed by atoms with Crippen molar-refractivity contribution in [3.8, 4) is 0 Å². The Bertz CT molecular complexity index is 753. The summed E-state index contributed by atoms with van der Waals surface area (Å²) in [4.78, 5) is 29.1. The number of hydrogen-bond donors (Lipinski definition) is 1. The molecule has 8 heteroatoms. The molecule has 0 unspecified atom stereocenters. The summed E-state index contributed by atoms with van der Waals surface area (Å²) in [5, 5.41) is 3.04. The van der Waals surface area contributed by atoms with E-state index in [2.05, 4.69) is 10.3 Å². The van der Waals surface area contributed by atoms with Crippen LogP contribution in [-0.2, 0) is 9.53 Å². The van der Waals surface area contributed by atoms with Crippen molar-refractivity contribution < 1.29 is 14.3 Å². The number of amides is 1. The molecule has 126 valence electrons. The molecule has 0 fully saturated rings. The summed E-state index contributed by atoms with van der Waals surface area (Å²) in [6.07, 6.45) is 2.29. The van der Waals surface area contributed by atoms with Crippen molar-refractivity contribution in [2.45, 2.75) is 17.9 Å². The predicted octanol–water partition coefficient (Wildman–Crippen LogP) is 4.29. The van der Waals surface area contributed by atoms with Crippen LogP contribution in [0.3, 0.4) is 0 Å². The summed E-state index contributed by atoms with van der Waals surface area (Å²) in [5.41, 5.74) is 0.370.